The van der Waals surface area contributed by atoms with Crippen molar-refractivity contribution < 1.29 is 9.53 Å². The molecule has 0 spiro atoms. The van der Waals surface area contributed by atoms with Crippen molar-refractivity contribution in [2.45, 2.75) is 19.8 Å². The van der Waals surface area contributed by atoms with Crippen LogP contribution in [0.3, 0.4) is 0 Å². The number of hydrogen-bond donors (Lipinski definition) is 1. The molecular formula is C20H24N2O2. The summed E-state index contributed by atoms with van der Waals surface area (Å²) in [6, 6.07) is 16.3. The molecule has 0 unspecified atom stereocenters. The maximum absolute atomic E-state index is 12.4. The van der Waals surface area contributed by atoms with E-state index < -0.39 is 0 Å². The molecular weight excluding hydrogens is 300 g/mol. The average molecular weight is 324 g/mol. The lowest BCUT2D eigenvalue weighted by Crippen LogP contribution is -2.36. The Bertz CT molecular complexity index is 694. The molecule has 0 radical (unpaired) electrons. The van der Waals surface area contributed by atoms with Gasteiger partial charge in [0.2, 0.25) is 5.91 Å². The van der Waals surface area contributed by atoms with Gasteiger partial charge in [-0.15, -0.1) is 0 Å². The highest BCUT2D eigenvalue weighted by atomic mass is 16.5. The number of hydrogen-bond acceptors (Lipinski definition) is 3. The van der Waals surface area contributed by atoms with E-state index in [1.54, 1.807) is 0 Å². The fraction of sp³-hybridized carbons (Fsp3) is 0.350. The van der Waals surface area contributed by atoms with E-state index in [0.717, 1.165) is 44.1 Å². The molecule has 0 aliphatic carbocycles. The molecule has 1 aliphatic rings. The maximum atomic E-state index is 12.4. The molecule has 24 heavy (non-hydrogen) atoms. The zero-order valence-corrected chi connectivity index (χ0v) is 14.1. The number of nitrogens with one attached hydrogen (secondary N) is 1. The molecule has 4 nitrogen and oxygen atoms in total. The summed E-state index contributed by atoms with van der Waals surface area (Å²) in [7, 11) is 0. The zero-order chi connectivity index (χ0) is 16.8. The Kier molecular flexibility index (Phi) is 5.49. The number of rotatable bonds is 5. The Balaban J connectivity index is 1.62. The van der Waals surface area contributed by atoms with Crippen molar-refractivity contribution in [3.8, 4) is 0 Å². The Labute approximate surface area is 143 Å². The van der Waals surface area contributed by atoms with E-state index in [9.17, 15) is 4.79 Å². The molecule has 0 atom stereocenters. The largest absolute Gasteiger partial charge is 0.378 e. The van der Waals surface area contributed by atoms with Crippen molar-refractivity contribution in [1.29, 1.82) is 0 Å². The standard InChI is InChI=1S/C20H24N2O2/c1-16-5-4-6-17(15-16)9-10-20(23)21-18-7-2-3-8-19(18)22-11-13-24-14-12-22/h2-8,15H,9-14H2,1H3,(H,21,23). The van der Waals surface area contributed by atoms with Gasteiger partial charge in [0.1, 0.15) is 0 Å². The molecule has 1 heterocycles. The van der Waals surface area contributed by atoms with Gasteiger partial charge in [0.05, 0.1) is 24.6 Å². The van der Waals surface area contributed by atoms with Crippen molar-refractivity contribution in [3.05, 3.63) is 59.7 Å². The van der Waals surface area contributed by atoms with E-state index in [1.807, 2.05) is 24.3 Å². The number of carbonyl (C=O) groups is 1. The molecule has 126 valence electrons. The van der Waals surface area contributed by atoms with E-state index >= 15 is 0 Å². The summed E-state index contributed by atoms with van der Waals surface area (Å²) in [5, 5.41) is 3.07. The van der Waals surface area contributed by atoms with Crippen molar-refractivity contribution in [2.24, 2.45) is 0 Å². The molecule has 2 aromatic carbocycles. The molecule has 0 saturated carbocycles. The highest BCUT2D eigenvalue weighted by Gasteiger charge is 2.15. The number of anilines is 2. The molecule has 3 rings (SSSR count). The first-order valence-corrected chi connectivity index (χ1v) is 8.49. The first-order chi connectivity index (χ1) is 11.7. The van der Waals surface area contributed by atoms with Gasteiger partial charge in [0, 0.05) is 19.5 Å². The fourth-order valence-electron chi connectivity index (χ4n) is 3.00. The molecule has 2 aromatic rings. The van der Waals surface area contributed by atoms with Crippen molar-refractivity contribution in [3.63, 3.8) is 0 Å². The van der Waals surface area contributed by atoms with Crippen LogP contribution in [0, 0.1) is 6.92 Å². The molecule has 1 aliphatic heterocycles. The quantitative estimate of drug-likeness (QED) is 0.916. The minimum atomic E-state index is 0.0530. The predicted molar refractivity (Wildman–Crippen MR) is 97.6 cm³/mol. The van der Waals surface area contributed by atoms with E-state index in [1.165, 1.54) is 11.1 Å². The van der Waals surface area contributed by atoms with E-state index in [4.69, 9.17) is 4.74 Å². The lowest BCUT2D eigenvalue weighted by Gasteiger charge is -2.30. The number of ether oxygens (including phenoxy) is 1. The minimum absolute atomic E-state index is 0.0530. The van der Waals surface area contributed by atoms with Gasteiger partial charge in [-0.25, -0.2) is 0 Å². The van der Waals surface area contributed by atoms with E-state index in [2.05, 4.69) is 41.4 Å². The number of nitrogens with zero attached hydrogens (tertiary/aromatic N) is 1. The van der Waals surface area contributed by atoms with Gasteiger partial charge < -0.3 is 15.0 Å². The minimum Gasteiger partial charge on any atom is -0.378 e. The number of carbonyl (C=O) groups excluding carboxylic acids is 1. The zero-order valence-electron chi connectivity index (χ0n) is 14.1. The number of morpholine rings is 1. The van der Waals surface area contributed by atoms with Crippen LogP contribution in [-0.4, -0.2) is 32.2 Å². The van der Waals surface area contributed by atoms with Crippen molar-refractivity contribution >= 4 is 17.3 Å². The van der Waals surface area contributed by atoms with Crippen LogP contribution in [0.15, 0.2) is 48.5 Å². The van der Waals surface area contributed by atoms with Crippen LogP contribution in [0.2, 0.25) is 0 Å². The van der Waals surface area contributed by atoms with Crippen LogP contribution >= 0.6 is 0 Å². The Morgan fingerprint density at radius 2 is 1.92 bits per heavy atom. The summed E-state index contributed by atoms with van der Waals surface area (Å²) >= 11 is 0. The summed E-state index contributed by atoms with van der Waals surface area (Å²) in [5.41, 5.74) is 4.38. The number of aryl methyl sites for hydroxylation is 2. The Morgan fingerprint density at radius 3 is 2.71 bits per heavy atom. The number of benzene rings is 2. The summed E-state index contributed by atoms with van der Waals surface area (Å²) in [4.78, 5) is 14.6. The van der Waals surface area contributed by atoms with Crippen LogP contribution in [0.5, 0.6) is 0 Å². The highest BCUT2D eigenvalue weighted by Crippen LogP contribution is 2.26. The van der Waals surface area contributed by atoms with Gasteiger partial charge in [-0.3, -0.25) is 4.79 Å². The molecule has 0 bridgehead atoms. The van der Waals surface area contributed by atoms with Crippen LogP contribution in [-0.2, 0) is 16.0 Å². The summed E-state index contributed by atoms with van der Waals surface area (Å²) in [6.45, 7) is 5.25. The second-order valence-corrected chi connectivity index (χ2v) is 6.15. The van der Waals surface area contributed by atoms with Crippen molar-refractivity contribution in [1.82, 2.24) is 0 Å². The number of para-hydroxylation sites is 2. The fourth-order valence-corrected chi connectivity index (χ4v) is 3.00. The van der Waals surface area contributed by atoms with E-state index in [-0.39, 0.29) is 5.91 Å². The Morgan fingerprint density at radius 1 is 1.12 bits per heavy atom. The van der Waals surface area contributed by atoms with Gasteiger partial charge in [0.25, 0.3) is 0 Å². The van der Waals surface area contributed by atoms with Crippen LogP contribution in [0.1, 0.15) is 17.5 Å². The number of amides is 1. The first kappa shape index (κ1) is 16.5. The average Bonchev–Trinajstić information content (AvgIpc) is 2.61. The predicted octanol–water partition coefficient (Wildman–Crippen LogP) is 3.40. The van der Waals surface area contributed by atoms with Gasteiger partial charge in [-0.2, -0.15) is 0 Å². The molecule has 0 aromatic heterocycles. The van der Waals surface area contributed by atoms with Crippen LogP contribution in [0.4, 0.5) is 11.4 Å². The lowest BCUT2D eigenvalue weighted by atomic mass is 10.1. The maximum Gasteiger partial charge on any atom is 0.224 e. The molecule has 1 fully saturated rings. The molecule has 4 heteroatoms. The van der Waals surface area contributed by atoms with Gasteiger partial charge >= 0.3 is 0 Å². The second-order valence-electron chi connectivity index (χ2n) is 6.15. The lowest BCUT2D eigenvalue weighted by molar-refractivity contribution is -0.116. The third-order valence-electron chi connectivity index (χ3n) is 4.25. The third kappa shape index (κ3) is 4.36. The molecule has 1 amide bonds. The topological polar surface area (TPSA) is 41.6 Å². The highest BCUT2D eigenvalue weighted by molar-refractivity contribution is 5.94. The third-order valence-corrected chi connectivity index (χ3v) is 4.25. The summed E-state index contributed by atoms with van der Waals surface area (Å²) in [5.74, 6) is 0.0530. The SMILES string of the molecule is Cc1cccc(CCC(=O)Nc2ccccc2N2CCOCC2)c1. The van der Waals surface area contributed by atoms with Gasteiger partial charge in [-0.05, 0) is 31.0 Å². The monoisotopic (exact) mass is 324 g/mol. The Hall–Kier alpha value is -2.33. The van der Waals surface area contributed by atoms with Crippen molar-refractivity contribution in [2.75, 3.05) is 36.5 Å². The van der Waals surface area contributed by atoms with E-state index in [0.29, 0.717) is 6.42 Å². The molecule has 1 saturated heterocycles. The molecule has 1 N–H and O–H groups in total. The van der Waals surface area contributed by atoms with Crippen LogP contribution < -0.4 is 10.2 Å². The van der Waals surface area contributed by atoms with Gasteiger partial charge in [-0.1, -0.05) is 42.0 Å². The summed E-state index contributed by atoms with van der Waals surface area (Å²) in [6.07, 6.45) is 1.24. The smallest absolute Gasteiger partial charge is 0.224 e. The second kappa shape index (κ2) is 7.97. The van der Waals surface area contributed by atoms with Gasteiger partial charge in [0.15, 0.2) is 0 Å². The normalized spacial score (nSPS) is 14.5. The summed E-state index contributed by atoms with van der Waals surface area (Å²) < 4.78 is 5.41. The first-order valence-electron chi connectivity index (χ1n) is 8.49. The van der Waals surface area contributed by atoms with Crippen LogP contribution in [0.25, 0.3) is 0 Å².